The van der Waals surface area contributed by atoms with Gasteiger partial charge in [0.1, 0.15) is 6.54 Å². The van der Waals surface area contributed by atoms with Crippen molar-refractivity contribution < 1.29 is 14.3 Å². The van der Waals surface area contributed by atoms with E-state index in [9.17, 15) is 9.59 Å². The highest BCUT2D eigenvalue weighted by Crippen LogP contribution is 2.16. The number of carbonyl (C=O) groups excluding carboxylic acids is 2. The monoisotopic (exact) mass is 232 g/mol. The number of esters is 1. The predicted molar refractivity (Wildman–Crippen MR) is 58.9 cm³/mol. The lowest BCUT2D eigenvalue weighted by Crippen LogP contribution is -2.44. The van der Waals surface area contributed by atoms with Crippen molar-refractivity contribution in [1.29, 1.82) is 0 Å². The average Bonchev–Trinajstić information content (AvgIpc) is 2.68. The first kappa shape index (κ1) is 12.2. The molecule has 0 saturated carbocycles. The van der Waals surface area contributed by atoms with E-state index in [1.807, 2.05) is 11.8 Å². The lowest BCUT2D eigenvalue weighted by atomic mass is 10.3. The Balaban J connectivity index is 2.10. The van der Waals surface area contributed by atoms with Gasteiger partial charge in [0, 0.05) is 11.8 Å². The fourth-order valence-electron chi connectivity index (χ4n) is 1.25. The number of amides is 2. The van der Waals surface area contributed by atoms with E-state index in [0.717, 1.165) is 17.9 Å². The number of hydrogen-bond donors (Lipinski definition) is 2. The maximum absolute atomic E-state index is 11.3. The lowest BCUT2D eigenvalue weighted by Gasteiger charge is -2.11. The van der Waals surface area contributed by atoms with E-state index in [2.05, 4.69) is 15.4 Å². The highest BCUT2D eigenvalue weighted by molar-refractivity contribution is 7.99. The molecule has 1 saturated heterocycles. The summed E-state index contributed by atoms with van der Waals surface area (Å²) in [5.41, 5.74) is 0. The van der Waals surface area contributed by atoms with Crippen molar-refractivity contribution in [2.24, 2.45) is 0 Å². The van der Waals surface area contributed by atoms with Crippen molar-refractivity contribution in [3.05, 3.63) is 0 Å². The smallest absolute Gasteiger partial charge is 0.325 e. The zero-order valence-electron chi connectivity index (χ0n) is 8.75. The first-order chi connectivity index (χ1) is 7.22. The summed E-state index contributed by atoms with van der Waals surface area (Å²) in [5.74, 6) is 1.63. The first-order valence-electron chi connectivity index (χ1n) is 5.00. The quantitative estimate of drug-likeness (QED) is 0.687. The molecule has 0 aromatic rings. The fourth-order valence-corrected chi connectivity index (χ4v) is 2.40. The van der Waals surface area contributed by atoms with Crippen LogP contribution in [0, 0.1) is 0 Å². The fraction of sp³-hybridized carbons (Fsp3) is 0.778. The van der Waals surface area contributed by atoms with Crippen LogP contribution in [0.15, 0.2) is 0 Å². The minimum atomic E-state index is -0.409. The van der Waals surface area contributed by atoms with Gasteiger partial charge in [0.25, 0.3) is 0 Å². The van der Waals surface area contributed by atoms with Gasteiger partial charge < -0.3 is 15.4 Å². The number of hydrogen-bond acceptors (Lipinski definition) is 4. The molecule has 6 heteroatoms. The molecule has 1 atom stereocenters. The SMILES string of the molecule is CCOC(=O)CNC(=O)NC1CCSC1. The van der Waals surface area contributed by atoms with Gasteiger partial charge in [-0.3, -0.25) is 4.79 Å². The Labute approximate surface area is 93.3 Å². The summed E-state index contributed by atoms with van der Waals surface area (Å²) in [4.78, 5) is 22.2. The Bertz CT molecular complexity index is 229. The maximum Gasteiger partial charge on any atom is 0.325 e. The maximum atomic E-state index is 11.3. The van der Waals surface area contributed by atoms with Crippen LogP contribution in [0.4, 0.5) is 4.79 Å². The van der Waals surface area contributed by atoms with Crippen LogP contribution in [0.3, 0.4) is 0 Å². The normalized spacial score (nSPS) is 19.7. The third kappa shape index (κ3) is 4.92. The van der Waals surface area contributed by atoms with Crippen molar-refractivity contribution in [3.8, 4) is 0 Å². The van der Waals surface area contributed by atoms with Crippen LogP contribution in [-0.4, -0.2) is 42.7 Å². The Morgan fingerprint density at radius 2 is 2.33 bits per heavy atom. The van der Waals surface area contributed by atoms with Gasteiger partial charge in [-0.1, -0.05) is 0 Å². The molecule has 15 heavy (non-hydrogen) atoms. The van der Waals surface area contributed by atoms with Gasteiger partial charge in [0.15, 0.2) is 0 Å². The number of ether oxygens (including phenoxy) is 1. The summed E-state index contributed by atoms with van der Waals surface area (Å²) < 4.78 is 4.68. The first-order valence-corrected chi connectivity index (χ1v) is 6.15. The van der Waals surface area contributed by atoms with Crippen molar-refractivity contribution in [2.75, 3.05) is 24.7 Å². The molecule has 0 spiro atoms. The van der Waals surface area contributed by atoms with Gasteiger partial charge in [-0.2, -0.15) is 11.8 Å². The molecule has 2 N–H and O–H groups in total. The summed E-state index contributed by atoms with van der Waals surface area (Å²) in [6.07, 6.45) is 0.998. The third-order valence-corrected chi connectivity index (χ3v) is 3.13. The number of urea groups is 1. The molecule has 0 radical (unpaired) electrons. The van der Waals surface area contributed by atoms with Crippen molar-refractivity contribution >= 4 is 23.8 Å². The Morgan fingerprint density at radius 3 is 2.93 bits per heavy atom. The Kier molecular flexibility index (Phi) is 5.31. The topological polar surface area (TPSA) is 67.4 Å². The number of nitrogens with one attached hydrogen (secondary N) is 2. The van der Waals surface area contributed by atoms with Gasteiger partial charge in [0.2, 0.25) is 0 Å². The molecule has 2 amide bonds. The van der Waals surface area contributed by atoms with Crippen molar-refractivity contribution in [3.63, 3.8) is 0 Å². The molecule has 1 aliphatic rings. The average molecular weight is 232 g/mol. The summed E-state index contributed by atoms with van der Waals surface area (Å²) >= 11 is 1.82. The molecule has 5 nitrogen and oxygen atoms in total. The summed E-state index contributed by atoms with van der Waals surface area (Å²) in [5, 5.41) is 5.26. The molecule has 0 aromatic carbocycles. The Morgan fingerprint density at radius 1 is 1.53 bits per heavy atom. The van der Waals surface area contributed by atoms with E-state index in [0.29, 0.717) is 6.61 Å². The van der Waals surface area contributed by atoms with Crippen LogP contribution in [0.1, 0.15) is 13.3 Å². The molecule has 0 bridgehead atoms. The number of carbonyl (C=O) groups is 2. The molecule has 0 aliphatic carbocycles. The molecule has 1 fully saturated rings. The summed E-state index contributed by atoms with van der Waals surface area (Å²) in [7, 11) is 0. The third-order valence-electron chi connectivity index (χ3n) is 1.96. The predicted octanol–water partition coefficient (Wildman–Crippen LogP) is 0.354. The van der Waals surface area contributed by atoms with E-state index in [1.165, 1.54) is 0 Å². The highest BCUT2D eigenvalue weighted by atomic mass is 32.2. The van der Waals surface area contributed by atoms with Gasteiger partial charge in [0.05, 0.1) is 6.61 Å². The molecule has 0 aromatic heterocycles. The Hall–Kier alpha value is -0.910. The van der Waals surface area contributed by atoms with Crippen LogP contribution in [-0.2, 0) is 9.53 Å². The second-order valence-corrected chi connectivity index (χ2v) is 4.34. The second kappa shape index (κ2) is 6.55. The minimum Gasteiger partial charge on any atom is -0.465 e. The number of rotatable bonds is 4. The zero-order valence-corrected chi connectivity index (χ0v) is 9.56. The highest BCUT2D eigenvalue weighted by Gasteiger charge is 2.17. The lowest BCUT2D eigenvalue weighted by molar-refractivity contribution is -0.141. The van der Waals surface area contributed by atoms with Crippen molar-refractivity contribution in [1.82, 2.24) is 10.6 Å². The van der Waals surface area contributed by atoms with Crippen molar-refractivity contribution in [2.45, 2.75) is 19.4 Å². The molecule has 1 unspecified atom stereocenters. The van der Waals surface area contributed by atoms with Crippen LogP contribution >= 0.6 is 11.8 Å². The van der Waals surface area contributed by atoms with E-state index < -0.39 is 5.97 Å². The van der Waals surface area contributed by atoms with E-state index in [1.54, 1.807) is 6.92 Å². The van der Waals surface area contributed by atoms with E-state index in [-0.39, 0.29) is 18.6 Å². The van der Waals surface area contributed by atoms with Gasteiger partial charge in [-0.05, 0) is 19.1 Å². The molecular weight excluding hydrogens is 216 g/mol. The van der Waals surface area contributed by atoms with Crippen LogP contribution in [0.2, 0.25) is 0 Å². The molecule has 1 rings (SSSR count). The van der Waals surface area contributed by atoms with E-state index >= 15 is 0 Å². The summed E-state index contributed by atoms with van der Waals surface area (Å²) in [6.45, 7) is 1.99. The van der Waals surface area contributed by atoms with Gasteiger partial charge in [-0.25, -0.2) is 4.79 Å². The summed E-state index contributed by atoms with van der Waals surface area (Å²) in [6, 6.07) is -0.0623. The van der Waals surface area contributed by atoms with Crippen LogP contribution < -0.4 is 10.6 Å². The van der Waals surface area contributed by atoms with Gasteiger partial charge >= 0.3 is 12.0 Å². The largest absolute Gasteiger partial charge is 0.465 e. The molecule has 86 valence electrons. The molecule has 1 heterocycles. The molecular formula is C9H16N2O3S. The minimum absolute atomic E-state index is 0.0699. The standard InChI is InChI=1S/C9H16N2O3S/c1-2-14-8(12)5-10-9(13)11-7-3-4-15-6-7/h7H,2-6H2,1H3,(H2,10,11,13). The number of thioether (sulfide) groups is 1. The zero-order chi connectivity index (χ0) is 11.1. The molecule has 1 aliphatic heterocycles. The van der Waals surface area contributed by atoms with Crippen LogP contribution in [0.5, 0.6) is 0 Å². The second-order valence-electron chi connectivity index (χ2n) is 3.19. The van der Waals surface area contributed by atoms with Gasteiger partial charge in [-0.15, -0.1) is 0 Å². The van der Waals surface area contributed by atoms with Crippen LogP contribution in [0.25, 0.3) is 0 Å². The van der Waals surface area contributed by atoms with E-state index in [4.69, 9.17) is 0 Å².